The number of amides is 1. The molecule has 1 amide bonds. The van der Waals surface area contributed by atoms with E-state index in [0.29, 0.717) is 13.1 Å². The van der Waals surface area contributed by atoms with Gasteiger partial charge in [0.2, 0.25) is 5.91 Å². The summed E-state index contributed by atoms with van der Waals surface area (Å²) in [6.07, 6.45) is 8.36. The van der Waals surface area contributed by atoms with Crippen LogP contribution in [-0.4, -0.2) is 39.6 Å². The molecule has 18 heavy (non-hydrogen) atoms. The van der Waals surface area contributed by atoms with Gasteiger partial charge in [-0.15, -0.1) is 0 Å². The molecule has 4 heteroatoms. The number of likely N-dealkylation sites (tertiary alicyclic amines) is 1. The Morgan fingerprint density at radius 3 is 3.00 bits per heavy atom. The van der Waals surface area contributed by atoms with Gasteiger partial charge in [-0.3, -0.25) is 9.78 Å². The molecule has 1 N–H and O–H groups in total. The molecule has 1 aromatic heterocycles. The monoisotopic (exact) mass is 246 g/mol. The normalized spacial score (nSPS) is 17.8. The Morgan fingerprint density at radius 2 is 2.39 bits per heavy atom. The number of hydrogen-bond acceptors (Lipinski definition) is 3. The fourth-order valence-electron chi connectivity index (χ4n) is 2.19. The van der Waals surface area contributed by atoms with E-state index < -0.39 is 5.60 Å². The van der Waals surface area contributed by atoms with Crippen LogP contribution < -0.4 is 0 Å². The molecule has 0 radical (unpaired) electrons. The molecular weight excluding hydrogens is 228 g/mol. The van der Waals surface area contributed by atoms with Crippen molar-refractivity contribution in [1.82, 2.24) is 9.88 Å². The first kappa shape index (κ1) is 12.8. The molecule has 1 aromatic rings. The average Bonchev–Trinajstić information content (AvgIpc) is 2.34. The molecule has 1 fully saturated rings. The van der Waals surface area contributed by atoms with Crippen molar-refractivity contribution in [2.24, 2.45) is 0 Å². The minimum Gasteiger partial charge on any atom is -0.386 e. The number of nitrogens with zero attached hydrogens (tertiary/aromatic N) is 2. The van der Waals surface area contributed by atoms with Crippen molar-refractivity contribution in [3.63, 3.8) is 0 Å². The maximum absolute atomic E-state index is 11.8. The van der Waals surface area contributed by atoms with E-state index >= 15 is 0 Å². The van der Waals surface area contributed by atoms with E-state index in [1.807, 2.05) is 19.1 Å². The summed E-state index contributed by atoms with van der Waals surface area (Å²) in [6, 6.07) is 3.72. The lowest BCUT2D eigenvalue weighted by molar-refractivity contribution is -0.151. The van der Waals surface area contributed by atoms with Gasteiger partial charge in [-0.25, -0.2) is 0 Å². The third-order valence-corrected chi connectivity index (χ3v) is 3.10. The fraction of sp³-hybridized carbons (Fsp3) is 0.429. The van der Waals surface area contributed by atoms with Crippen LogP contribution in [0.15, 0.2) is 30.6 Å². The molecule has 0 aromatic carbocycles. The number of β-amino-alcohol motifs (C(OH)–C–C–N with tert-alkyl or cyclic N) is 1. The van der Waals surface area contributed by atoms with Crippen LogP contribution in [0.3, 0.4) is 0 Å². The van der Waals surface area contributed by atoms with Crippen LogP contribution in [0, 0.1) is 0 Å². The van der Waals surface area contributed by atoms with Gasteiger partial charge in [0.05, 0.1) is 18.7 Å². The van der Waals surface area contributed by atoms with Gasteiger partial charge < -0.3 is 10.0 Å². The molecule has 1 aliphatic heterocycles. The number of rotatable bonds is 4. The van der Waals surface area contributed by atoms with Crippen molar-refractivity contribution in [2.45, 2.75) is 25.4 Å². The molecule has 1 aliphatic rings. The molecule has 96 valence electrons. The lowest BCUT2D eigenvalue weighted by Crippen LogP contribution is -2.63. The van der Waals surface area contributed by atoms with Crippen molar-refractivity contribution < 1.29 is 9.90 Å². The first-order valence-electron chi connectivity index (χ1n) is 6.22. The van der Waals surface area contributed by atoms with E-state index in [0.717, 1.165) is 18.4 Å². The van der Waals surface area contributed by atoms with Crippen LogP contribution in [0.5, 0.6) is 0 Å². The number of carbonyl (C=O) groups excluding carboxylic acids is 1. The van der Waals surface area contributed by atoms with Crippen LogP contribution >= 0.6 is 0 Å². The molecule has 0 aliphatic carbocycles. The highest BCUT2D eigenvalue weighted by atomic mass is 16.3. The maximum atomic E-state index is 11.8. The summed E-state index contributed by atoms with van der Waals surface area (Å²) < 4.78 is 0. The second-order valence-corrected chi connectivity index (χ2v) is 4.79. The van der Waals surface area contributed by atoms with Crippen LogP contribution in [0.4, 0.5) is 0 Å². The van der Waals surface area contributed by atoms with Crippen LogP contribution in [0.2, 0.25) is 0 Å². The highest BCUT2D eigenvalue weighted by molar-refractivity contribution is 5.92. The quantitative estimate of drug-likeness (QED) is 0.818. The molecule has 0 atom stereocenters. The Morgan fingerprint density at radius 1 is 1.61 bits per heavy atom. The van der Waals surface area contributed by atoms with Gasteiger partial charge in [-0.2, -0.15) is 0 Å². The number of hydrogen-bond donors (Lipinski definition) is 1. The Kier molecular flexibility index (Phi) is 3.77. The summed E-state index contributed by atoms with van der Waals surface area (Å²) in [5, 5.41) is 9.99. The summed E-state index contributed by atoms with van der Waals surface area (Å²) in [7, 11) is 0. The molecular formula is C14H18N2O2. The summed E-state index contributed by atoms with van der Waals surface area (Å²) in [4.78, 5) is 17.4. The molecule has 1 saturated heterocycles. The molecule has 0 saturated carbocycles. The van der Waals surface area contributed by atoms with E-state index in [9.17, 15) is 9.90 Å². The highest BCUT2D eigenvalue weighted by Crippen LogP contribution is 2.25. The third-order valence-electron chi connectivity index (χ3n) is 3.10. The van der Waals surface area contributed by atoms with Gasteiger partial charge in [0.15, 0.2) is 0 Å². The fourth-order valence-corrected chi connectivity index (χ4v) is 2.19. The van der Waals surface area contributed by atoms with Crippen LogP contribution in [0.1, 0.15) is 25.3 Å². The highest BCUT2D eigenvalue weighted by Gasteiger charge is 2.41. The second-order valence-electron chi connectivity index (χ2n) is 4.79. The number of carbonyl (C=O) groups is 1. The van der Waals surface area contributed by atoms with Gasteiger partial charge in [0.1, 0.15) is 0 Å². The van der Waals surface area contributed by atoms with E-state index in [2.05, 4.69) is 4.98 Å². The first-order valence-corrected chi connectivity index (χ1v) is 6.22. The van der Waals surface area contributed by atoms with Crippen LogP contribution in [-0.2, 0) is 4.79 Å². The minimum absolute atomic E-state index is 0.0559. The molecule has 0 spiro atoms. The van der Waals surface area contributed by atoms with Gasteiger partial charge >= 0.3 is 0 Å². The number of aromatic nitrogens is 1. The summed E-state index contributed by atoms with van der Waals surface area (Å²) in [6.45, 7) is 2.92. The second kappa shape index (κ2) is 5.31. The standard InChI is InChI=1S/C14H18N2O2/c1-2-7-14(18)10-16(11-14)13(17)6-5-12-4-3-8-15-9-12/h3-6,8-9,18H,2,7,10-11H2,1H3. The molecule has 2 heterocycles. The van der Waals surface area contributed by atoms with Crippen molar-refractivity contribution in [3.05, 3.63) is 36.2 Å². The summed E-state index contributed by atoms with van der Waals surface area (Å²) in [5.74, 6) is -0.0559. The topological polar surface area (TPSA) is 53.4 Å². The Hall–Kier alpha value is -1.68. The zero-order valence-corrected chi connectivity index (χ0v) is 10.5. The smallest absolute Gasteiger partial charge is 0.246 e. The third kappa shape index (κ3) is 2.96. The van der Waals surface area contributed by atoms with E-state index in [1.165, 1.54) is 6.08 Å². The van der Waals surface area contributed by atoms with Crippen molar-refractivity contribution in [1.29, 1.82) is 0 Å². The van der Waals surface area contributed by atoms with Crippen LogP contribution in [0.25, 0.3) is 6.08 Å². The molecule has 0 unspecified atom stereocenters. The van der Waals surface area contributed by atoms with E-state index in [1.54, 1.807) is 23.4 Å². The lowest BCUT2D eigenvalue weighted by Gasteiger charge is -2.46. The predicted molar refractivity (Wildman–Crippen MR) is 69.7 cm³/mol. The average molecular weight is 246 g/mol. The van der Waals surface area contributed by atoms with Crippen molar-refractivity contribution in [2.75, 3.05) is 13.1 Å². The zero-order chi connectivity index (χ0) is 13.0. The molecule has 4 nitrogen and oxygen atoms in total. The summed E-state index contributed by atoms with van der Waals surface area (Å²) >= 11 is 0. The van der Waals surface area contributed by atoms with E-state index in [4.69, 9.17) is 0 Å². The van der Waals surface area contributed by atoms with E-state index in [-0.39, 0.29) is 5.91 Å². The van der Waals surface area contributed by atoms with Crippen molar-refractivity contribution in [3.8, 4) is 0 Å². The number of aliphatic hydroxyl groups is 1. The molecule has 2 rings (SSSR count). The summed E-state index contributed by atoms with van der Waals surface area (Å²) in [5.41, 5.74) is 0.238. The Bertz CT molecular complexity index is 436. The first-order chi connectivity index (χ1) is 8.63. The molecule has 0 bridgehead atoms. The Labute approximate surface area is 107 Å². The van der Waals surface area contributed by atoms with Gasteiger partial charge in [-0.05, 0) is 24.1 Å². The van der Waals surface area contributed by atoms with Gasteiger partial charge in [0.25, 0.3) is 0 Å². The predicted octanol–water partition coefficient (Wildman–Crippen LogP) is 1.47. The SMILES string of the molecule is CCCC1(O)CN(C(=O)C=Cc2cccnc2)C1. The zero-order valence-electron chi connectivity index (χ0n) is 10.5. The Balaban J connectivity index is 1.86. The lowest BCUT2D eigenvalue weighted by atomic mass is 9.89. The van der Waals surface area contributed by atoms with Gasteiger partial charge in [0, 0.05) is 18.5 Å². The van der Waals surface area contributed by atoms with Gasteiger partial charge in [-0.1, -0.05) is 19.4 Å². The maximum Gasteiger partial charge on any atom is 0.246 e. The van der Waals surface area contributed by atoms with Crippen molar-refractivity contribution >= 4 is 12.0 Å². The largest absolute Gasteiger partial charge is 0.386 e. The minimum atomic E-state index is -0.660. The number of pyridine rings is 1.